The lowest BCUT2D eigenvalue weighted by molar-refractivity contribution is -0.116. The molecule has 0 aliphatic heterocycles. The number of pyridine rings is 1. The summed E-state index contributed by atoms with van der Waals surface area (Å²) in [5.74, 6) is 1.36. The molecule has 112 valence electrons. The third-order valence-electron chi connectivity index (χ3n) is 3.49. The van der Waals surface area contributed by atoms with Crippen LogP contribution in [0.2, 0.25) is 0 Å². The van der Waals surface area contributed by atoms with E-state index in [1.165, 1.54) is 0 Å². The Balaban J connectivity index is 1.65. The fourth-order valence-corrected chi connectivity index (χ4v) is 2.36. The lowest BCUT2D eigenvalue weighted by Crippen LogP contribution is -2.14. The summed E-state index contributed by atoms with van der Waals surface area (Å²) in [5, 5.41) is 3.89. The summed E-state index contributed by atoms with van der Waals surface area (Å²) in [5.41, 5.74) is 1.09. The molecule has 5 heteroatoms. The number of ether oxygens (including phenoxy) is 1. The zero-order valence-corrected chi connectivity index (χ0v) is 12.3. The molecule has 1 amide bonds. The van der Waals surface area contributed by atoms with E-state index < -0.39 is 0 Å². The van der Waals surface area contributed by atoms with Crippen LogP contribution < -0.4 is 10.1 Å². The molecular weight excluding hydrogens is 278 g/mol. The van der Waals surface area contributed by atoms with Crippen molar-refractivity contribution in [2.24, 2.45) is 0 Å². The van der Waals surface area contributed by atoms with Crippen LogP contribution in [-0.4, -0.2) is 22.6 Å². The second-order valence-electron chi connectivity index (χ2n) is 4.95. The Labute approximate surface area is 128 Å². The van der Waals surface area contributed by atoms with E-state index in [2.05, 4.69) is 14.9 Å². The third-order valence-corrected chi connectivity index (χ3v) is 3.49. The molecular formula is C17H17N3O2. The minimum atomic E-state index is -0.0472. The number of benzene rings is 1. The SMILES string of the molecule is COc1ccc2c(ccn2CCC(=O)Nc2ccccn2)c1. The van der Waals surface area contributed by atoms with Gasteiger partial charge in [0.25, 0.3) is 0 Å². The Bertz CT molecular complexity index is 781. The molecule has 3 aromatic rings. The molecule has 0 aliphatic carbocycles. The first-order valence-electron chi connectivity index (χ1n) is 7.10. The highest BCUT2D eigenvalue weighted by molar-refractivity contribution is 5.89. The zero-order chi connectivity index (χ0) is 15.4. The van der Waals surface area contributed by atoms with Crippen molar-refractivity contribution in [3.05, 3.63) is 54.9 Å². The molecule has 0 saturated carbocycles. The number of aryl methyl sites for hydroxylation is 1. The fourth-order valence-electron chi connectivity index (χ4n) is 2.36. The number of anilines is 1. The number of carbonyl (C=O) groups excluding carboxylic acids is 1. The maximum atomic E-state index is 12.0. The number of methoxy groups -OCH3 is 1. The van der Waals surface area contributed by atoms with Crippen LogP contribution in [0.25, 0.3) is 10.9 Å². The number of nitrogens with one attached hydrogen (secondary N) is 1. The molecule has 3 rings (SSSR count). The van der Waals surface area contributed by atoms with Gasteiger partial charge in [-0.25, -0.2) is 4.98 Å². The highest BCUT2D eigenvalue weighted by Crippen LogP contribution is 2.22. The summed E-state index contributed by atoms with van der Waals surface area (Å²) in [7, 11) is 1.65. The molecule has 1 aromatic carbocycles. The highest BCUT2D eigenvalue weighted by Gasteiger charge is 2.06. The fraction of sp³-hybridized carbons (Fsp3) is 0.176. The molecule has 0 saturated heterocycles. The van der Waals surface area contributed by atoms with E-state index in [0.29, 0.717) is 18.8 Å². The van der Waals surface area contributed by atoms with Crippen molar-refractivity contribution in [3.8, 4) is 5.75 Å². The largest absolute Gasteiger partial charge is 0.497 e. The molecule has 0 bridgehead atoms. The lowest BCUT2D eigenvalue weighted by Gasteiger charge is -2.07. The zero-order valence-electron chi connectivity index (χ0n) is 12.3. The van der Waals surface area contributed by atoms with Crippen LogP contribution in [0, 0.1) is 0 Å². The molecule has 5 nitrogen and oxygen atoms in total. The normalized spacial score (nSPS) is 10.6. The van der Waals surface area contributed by atoms with Crippen LogP contribution in [0.1, 0.15) is 6.42 Å². The molecule has 22 heavy (non-hydrogen) atoms. The Morgan fingerprint density at radius 2 is 2.18 bits per heavy atom. The first kappa shape index (κ1) is 14.1. The summed E-state index contributed by atoms with van der Waals surface area (Å²) in [6.45, 7) is 0.620. The molecule has 0 radical (unpaired) electrons. The van der Waals surface area contributed by atoms with Gasteiger partial charge in [0.05, 0.1) is 7.11 Å². The Kier molecular flexibility index (Phi) is 4.05. The number of hydrogen-bond donors (Lipinski definition) is 1. The van der Waals surface area contributed by atoms with Gasteiger partial charge in [0.15, 0.2) is 0 Å². The van der Waals surface area contributed by atoms with E-state index in [1.807, 2.05) is 42.6 Å². The molecule has 2 heterocycles. The van der Waals surface area contributed by atoms with Gasteiger partial charge in [-0.15, -0.1) is 0 Å². The number of amides is 1. The van der Waals surface area contributed by atoms with Crippen molar-refractivity contribution in [3.63, 3.8) is 0 Å². The first-order valence-corrected chi connectivity index (χ1v) is 7.10. The number of hydrogen-bond acceptors (Lipinski definition) is 3. The Hall–Kier alpha value is -2.82. The number of rotatable bonds is 5. The lowest BCUT2D eigenvalue weighted by atomic mass is 10.2. The summed E-state index contributed by atoms with van der Waals surface area (Å²) in [4.78, 5) is 16.0. The monoisotopic (exact) mass is 295 g/mol. The summed E-state index contributed by atoms with van der Waals surface area (Å²) >= 11 is 0. The predicted molar refractivity (Wildman–Crippen MR) is 86.0 cm³/mol. The third kappa shape index (κ3) is 3.09. The van der Waals surface area contributed by atoms with E-state index in [0.717, 1.165) is 16.7 Å². The summed E-state index contributed by atoms with van der Waals surface area (Å²) in [6, 6.07) is 13.4. The summed E-state index contributed by atoms with van der Waals surface area (Å²) in [6.07, 6.45) is 4.03. The van der Waals surface area contributed by atoms with E-state index in [1.54, 1.807) is 19.4 Å². The number of fused-ring (bicyclic) bond motifs is 1. The summed E-state index contributed by atoms with van der Waals surface area (Å²) < 4.78 is 7.28. The molecule has 0 atom stereocenters. The number of carbonyl (C=O) groups is 1. The maximum absolute atomic E-state index is 12.0. The van der Waals surface area contributed by atoms with Crippen molar-refractivity contribution < 1.29 is 9.53 Å². The van der Waals surface area contributed by atoms with Gasteiger partial charge < -0.3 is 14.6 Å². The van der Waals surface area contributed by atoms with Crippen LogP contribution >= 0.6 is 0 Å². The van der Waals surface area contributed by atoms with Crippen LogP contribution in [0.4, 0.5) is 5.82 Å². The second kappa shape index (κ2) is 6.30. The molecule has 0 fully saturated rings. The van der Waals surface area contributed by atoms with Crippen molar-refractivity contribution in [2.75, 3.05) is 12.4 Å². The van der Waals surface area contributed by atoms with Gasteiger partial charge in [-0.3, -0.25) is 4.79 Å². The van der Waals surface area contributed by atoms with Crippen LogP contribution in [0.15, 0.2) is 54.9 Å². The quantitative estimate of drug-likeness (QED) is 0.787. The van der Waals surface area contributed by atoms with E-state index >= 15 is 0 Å². The Morgan fingerprint density at radius 3 is 2.95 bits per heavy atom. The van der Waals surface area contributed by atoms with Gasteiger partial charge in [-0.1, -0.05) is 6.07 Å². The van der Waals surface area contributed by atoms with Crippen molar-refractivity contribution >= 4 is 22.6 Å². The van der Waals surface area contributed by atoms with Gasteiger partial charge in [-0.05, 0) is 36.4 Å². The van der Waals surface area contributed by atoms with Crippen molar-refractivity contribution in [1.82, 2.24) is 9.55 Å². The van der Waals surface area contributed by atoms with Gasteiger partial charge in [0, 0.05) is 36.3 Å². The average molecular weight is 295 g/mol. The van der Waals surface area contributed by atoms with Crippen molar-refractivity contribution in [2.45, 2.75) is 13.0 Å². The highest BCUT2D eigenvalue weighted by atomic mass is 16.5. The van der Waals surface area contributed by atoms with Crippen LogP contribution in [0.3, 0.4) is 0 Å². The minimum Gasteiger partial charge on any atom is -0.497 e. The molecule has 2 aromatic heterocycles. The average Bonchev–Trinajstić information content (AvgIpc) is 2.96. The molecule has 0 aliphatic rings. The smallest absolute Gasteiger partial charge is 0.227 e. The van der Waals surface area contributed by atoms with E-state index in [9.17, 15) is 4.79 Å². The van der Waals surface area contributed by atoms with E-state index in [-0.39, 0.29) is 5.91 Å². The van der Waals surface area contributed by atoms with Crippen LogP contribution in [0.5, 0.6) is 5.75 Å². The van der Waals surface area contributed by atoms with Crippen LogP contribution in [-0.2, 0) is 11.3 Å². The standard InChI is InChI=1S/C17H17N3O2/c1-22-14-5-6-15-13(12-14)7-10-20(15)11-8-17(21)19-16-4-2-3-9-18-16/h2-7,9-10,12H,8,11H2,1H3,(H,18,19,21). The maximum Gasteiger partial charge on any atom is 0.227 e. The molecule has 0 spiro atoms. The van der Waals surface area contributed by atoms with Gasteiger partial charge in [0.1, 0.15) is 11.6 Å². The Morgan fingerprint density at radius 1 is 1.27 bits per heavy atom. The van der Waals surface area contributed by atoms with Crippen molar-refractivity contribution in [1.29, 1.82) is 0 Å². The minimum absolute atomic E-state index is 0.0472. The van der Waals surface area contributed by atoms with E-state index in [4.69, 9.17) is 4.74 Å². The van der Waals surface area contributed by atoms with Gasteiger partial charge in [-0.2, -0.15) is 0 Å². The predicted octanol–water partition coefficient (Wildman–Crippen LogP) is 3.07. The number of nitrogens with zero attached hydrogens (tertiary/aromatic N) is 2. The van der Waals surface area contributed by atoms with Gasteiger partial charge in [0.2, 0.25) is 5.91 Å². The topological polar surface area (TPSA) is 56.1 Å². The number of aromatic nitrogens is 2. The van der Waals surface area contributed by atoms with Gasteiger partial charge >= 0.3 is 0 Å². The first-order chi connectivity index (χ1) is 10.8. The molecule has 1 N–H and O–H groups in total. The molecule has 0 unspecified atom stereocenters. The second-order valence-corrected chi connectivity index (χ2v) is 4.95.